The molecule has 2 atom stereocenters. The highest BCUT2D eigenvalue weighted by atomic mass is 31.2. The first-order valence-electron chi connectivity index (χ1n) is 8.31. The summed E-state index contributed by atoms with van der Waals surface area (Å²) in [6.07, 6.45) is 2.25. The second-order valence-corrected chi connectivity index (χ2v) is 15.7. The largest absolute Gasteiger partial charge is 0.397 e. The fourth-order valence-electron chi connectivity index (χ4n) is 2.81. The molecule has 0 aliphatic rings. The van der Waals surface area contributed by atoms with Crippen LogP contribution in [0.2, 0.25) is 19.6 Å². The molecule has 0 spiro atoms. The van der Waals surface area contributed by atoms with Gasteiger partial charge in [0, 0.05) is 22.0 Å². The van der Waals surface area contributed by atoms with Crippen LogP contribution in [0.15, 0.2) is 73.3 Å². The maximum atomic E-state index is 14.2. The highest BCUT2D eigenvalue weighted by Gasteiger charge is 2.38. The van der Waals surface area contributed by atoms with Crippen LogP contribution in [-0.2, 0) is 4.57 Å². The highest BCUT2D eigenvalue weighted by Crippen LogP contribution is 2.51. The zero-order valence-electron chi connectivity index (χ0n) is 14.7. The van der Waals surface area contributed by atoms with Gasteiger partial charge < -0.3 is 9.67 Å². The van der Waals surface area contributed by atoms with Crippen molar-refractivity contribution in [2.24, 2.45) is 0 Å². The number of aliphatic hydroxyl groups excluding tert-OH is 1. The molecule has 0 aromatic heterocycles. The first kappa shape index (κ1) is 18.9. The molecule has 0 saturated heterocycles. The predicted molar refractivity (Wildman–Crippen MR) is 108 cm³/mol. The average Bonchev–Trinajstić information content (AvgIpc) is 2.59. The third-order valence-electron chi connectivity index (χ3n) is 4.48. The summed E-state index contributed by atoms with van der Waals surface area (Å²) >= 11 is 0. The molecular formula is C20H27O2PSi. The van der Waals surface area contributed by atoms with Crippen LogP contribution in [0.4, 0.5) is 0 Å². The molecule has 0 heterocycles. The Labute approximate surface area is 146 Å². The van der Waals surface area contributed by atoms with Gasteiger partial charge in [-0.05, 0) is 6.42 Å². The van der Waals surface area contributed by atoms with E-state index in [1.807, 2.05) is 60.7 Å². The summed E-state index contributed by atoms with van der Waals surface area (Å²) in [7, 11) is -4.65. The predicted octanol–water partition coefficient (Wildman–Crippen LogP) is 4.18. The summed E-state index contributed by atoms with van der Waals surface area (Å²) in [4.78, 5) is 0. The average molecular weight is 358 g/mol. The van der Waals surface area contributed by atoms with Crippen molar-refractivity contribution < 1.29 is 9.67 Å². The Kier molecular flexibility index (Phi) is 6.03. The van der Waals surface area contributed by atoms with E-state index in [-0.39, 0.29) is 5.66 Å². The number of allylic oxidation sites excluding steroid dienone is 1. The molecule has 0 amide bonds. The Bertz CT molecular complexity index is 664. The lowest BCUT2D eigenvalue weighted by Gasteiger charge is -2.32. The van der Waals surface area contributed by atoms with Crippen molar-refractivity contribution in [3.8, 4) is 0 Å². The van der Waals surface area contributed by atoms with Crippen molar-refractivity contribution in [1.29, 1.82) is 0 Å². The van der Waals surface area contributed by atoms with E-state index in [4.69, 9.17) is 0 Å². The second-order valence-electron chi connectivity index (χ2n) is 7.25. The molecule has 2 nitrogen and oxygen atoms in total. The second kappa shape index (κ2) is 7.65. The Balaban J connectivity index is 2.54. The molecule has 24 heavy (non-hydrogen) atoms. The van der Waals surface area contributed by atoms with Crippen LogP contribution < -0.4 is 10.6 Å². The minimum atomic E-state index is -2.91. The van der Waals surface area contributed by atoms with Gasteiger partial charge in [0.25, 0.3) is 0 Å². The van der Waals surface area contributed by atoms with Crippen LogP contribution in [0.5, 0.6) is 0 Å². The van der Waals surface area contributed by atoms with Gasteiger partial charge in [0.1, 0.15) is 7.14 Å². The first-order chi connectivity index (χ1) is 11.3. The number of aliphatic hydroxyl groups is 1. The van der Waals surface area contributed by atoms with Crippen LogP contribution in [0.25, 0.3) is 0 Å². The molecule has 0 saturated carbocycles. The molecule has 2 unspecified atom stereocenters. The van der Waals surface area contributed by atoms with Crippen LogP contribution in [-0.4, -0.2) is 24.6 Å². The summed E-state index contributed by atoms with van der Waals surface area (Å²) in [5.74, 6) is 0. The minimum absolute atomic E-state index is 0.274. The number of rotatable bonds is 7. The van der Waals surface area contributed by atoms with Crippen molar-refractivity contribution in [2.45, 2.75) is 37.4 Å². The van der Waals surface area contributed by atoms with Gasteiger partial charge >= 0.3 is 0 Å². The van der Waals surface area contributed by atoms with E-state index >= 15 is 0 Å². The summed E-state index contributed by atoms with van der Waals surface area (Å²) in [5.41, 5.74) is -0.690. The first-order valence-corrected chi connectivity index (χ1v) is 13.7. The Morgan fingerprint density at radius 2 is 1.42 bits per heavy atom. The van der Waals surface area contributed by atoms with Gasteiger partial charge in [-0.15, -0.1) is 6.58 Å². The van der Waals surface area contributed by atoms with E-state index in [2.05, 4.69) is 26.2 Å². The Morgan fingerprint density at radius 3 is 1.75 bits per heavy atom. The highest BCUT2D eigenvalue weighted by molar-refractivity contribution is 7.79. The zero-order valence-corrected chi connectivity index (χ0v) is 16.6. The number of benzene rings is 2. The van der Waals surface area contributed by atoms with Gasteiger partial charge in [-0.25, -0.2) is 0 Å². The Morgan fingerprint density at radius 1 is 1.00 bits per heavy atom. The van der Waals surface area contributed by atoms with E-state index in [0.29, 0.717) is 6.42 Å². The molecule has 4 heteroatoms. The van der Waals surface area contributed by atoms with Gasteiger partial charge in [0.15, 0.2) is 0 Å². The van der Waals surface area contributed by atoms with Crippen LogP contribution in [0, 0.1) is 0 Å². The molecule has 2 rings (SSSR count). The maximum absolute atomic E-state index is 14.2. The fourth-order valence-corrected chi connectivity index (χ4v) is 7.05. The van der Waals surface area contributed by atoms with E-state index in [0.717, 1.165) is 10.6 Å². The Hall–Kier alpha value is -1.41. The SMILES string of the molecule is C=CC(CC(O)[Si](C)(C)C)P(=O)(c1ccccc1)c1ccccc1. The third kappa shape index (κ3) is 3.97. The van der Waals surface area contributed by atoms with Crippen molar-refractivity contribution in [3.05, 3.63) is 73.3 Å². The van der Waals surface area contributed by atoms with Crippen molar-refractivity contribution in [2.75, 3.05) is 0 Å². The van der Waals surface area contributed by atoms with Crippen molar-refractivity contribution >= 4 is 25.8 Å². The van der Waals surface area contributed by atoms with Gasteiger partial charge in [0.05, 0.1) is 8.07 Å². The van der Waals surface area contributed by atoms with Crippen LogP contribution in [0.3, 0.4) is 0 Å². The summed E-state index contributed by atoms with van der Waals surface area (Å²) in [6, 6.07) is 19.2. The maximum Gasteiger partial charge on any atom is 0.149 e. The van der Waals surface area contributed by atoms with Crippen LogP contribution >= 0.6 is 7.14 Å². The number of hydrogen-bond donors (Lipinski definition) is 1. The van der Waals surface area contributed by atoms with E-state index < -0.39 is 20.9 Å². The molecule has 0 fully saturated rings. The summed E-state index contributed by atoms with van der Waals surface area (Å²) < 4.78 is 14.2. The molecule has 2 aromatic rings. The number of hydrogen-bond acceptors (Lipinski definition) is 2. The molecule has 128 valence electrons. The van der Waals surface area contributed by atoms with Gasteiger partial charge in [-0.3, -0.25) is 0 Å². The van der Waals surface area contributed by atoms with Gasteiger partial charge in [-0.1, -0.05) is 86.4 Å². The minimum Gasteiger partial charge on any atom is -0.397 e. The zero-order chi connectivity index (χ0) is 17.8. The molecule has 2 aromatic carbocycles. The lowest BCUT2D eigenvalue weighted by atomic mass is 10.3. The topological polar surface area (TPSA) is 37.3 Å². The summed E-state index contributed by atoms with van der Waals surface area (Å²) in [5, 5.41) is 12.3. The third-order valence-corrected chi connectivity index (χ3v) is 10.2. The molecule has 0 bridgehead atoms. The molecule has 0 radical (unpaired) electrons. The van der Waals surface area contributed by atoms with Crippen LogP contribution in [0.1, 0.15) is 6.42 Å². The fraction of sp³-hybridized carbons (Fsp3) is 0.300. The standard InChI is InChI=1S/C20H27O2PSi/c1-5-17(16-20(21)24(2,3)4)23(22,18-12-8-6-9-13-18)19-14-10-7-11-15-19/h5-15,17,20-21H,1,16H2,2-4H3. The van der Waals surface area contributed by atoms with E-state index in [9.17, 15) is 9.67 Å². The monoisotopic (exact) mass is 358 g/mol. The van der Waals surface area contributed by atoms with E-state index in [1.165, 1.54) is 0 Å². The normalized spacial score (nSPS) is 14.8. The van der Waals surface area contributed by atoms with Crippen molar-refractivity contribution in [3.63, 3.8) is 0 Å². The van der Waals surface area contributed by atoms with Gasteiger partial charge in [-0.2, -0.15) is 0 Å². The quantitative estimate of drug-likeness (QED) is 0.458. The van der Waals surface area contributed by atoms with Crippen molar-refractivity contribution in [1.82, 2.24) is 0 Å². The lowest BCUT2D eigenvalue weighted by molar-refractivity contribution is 0.235. The molecule has 1 N–H and O–H groups in total. The smallest absolute Gasteiger partial charge is 0.149 e. The van der Waals surface area contributed by atoms with E-state index in [1.54, 1.807) is 6.08 Å². The summed E-state index contributed by atoms with van der Waals surface area (Å²) in [6.45, 7) is 10.3. The molecule has 0 aliphatic carbocycles. The van der Waals surface area contributed by atoms with Gasteiger partial charge in [0.2, 0.25) is 0 Å². The molecule has 0 aliphatic heterocycles. The lowest BCUT2D eigenvalue weighted by Crippen LogP contribution is -2.41. The molecular weight excluding hydrogens is 331 g/mol.